The number of benzene rings is 3. The molecule has 0 saturated carbocycles. The van der Waals surface area contributed by atoms with Gasteiger partial charge in [-0.05, 0) is 54.4 Å². The lowest BCUT2D eigenvalue weighted by molar-refractivity contribution is -0.137. The minimum absolute atomic E-state index is 0.169. The van der Waals surface area contributed by atoms with Gasteiger partial charge in [0.25, 0.3) is 10.0 Å². The fraction of sp³-hybridized carbons (Fsp3) is 0.136. The highest BCUT2D eigenvalue weighted by Gasteiger charge is 2.31. The fourth-order valence-electron chi connectivity index (χ4n) is 3.38. The molecule has 0 unspecified atom stereocenters. The van der Waals surface area contributed by atoms with Crippen LogP contribution in [-0.2, 0) is 22.6 Å². The first kappa shape index (κ1) is 21.9. The number of hydrogen-bond donors (Lipinski definition) is 1. The monoisotopic (exact) mass is 466 g/mol. The van der Waals surface area contributed by atoms with E-state index in [0.29, 0.717) is 41.4 Å². The molecule has 4 rings (SSSR count). The Labute approximate surface area is 180 Å². The van der Waals surface area contributed by atoms with Crippen LogP contribution in [0, 0.1) is 11.6 Å². The summed E-state index contributed by atoms with van der Waals surface area (Å²) >= 11 is 0. The van der Waals surface area contributed by atoms with Gasteiger partial charge < -0.3 is 0 Å². The Bertz CT molecular complexity index is 1320. The highest BCUT2D eigenvalue weighted by atomic mass is 32.2. The van der Waals surface area contributed by atoms with Crippen molar-refractivity contribution in [1.82, 2.24) is 0 Å². The highest BCUT2D eigenvalue weighted by molar-refractivity contribution is 7.92. The van der Waals surface area contributed by atoms with E-state index in [9.17, 15) is 30.4 Å². The predicted molar refractivity (Wildman–Crippen MR) is 109 cm³/mol. The average Bonchev–Trinajstić information content (AvgIpc) is 2.74. The third-order valence-electron chi connectivity index (χ3n) is 4.95. The van der Waals surface area contributed by atoms with Crippen molar-refractivity contribution < 1.29 is 30.4 Å². The summed E-state index contributed by atoms with van der Waals surface area (Å²) in [6, 6.07) is 11.8. The van der Waals surface area contributed by atoms with Crippen LogP contribution < -0.4 is 4.72 Å². The maximum Gasteiger partial charge on any atom is 0.416 e. The molecule has 32 heavy (non-hydrogen) atoms. The van der Waals surface area contributed by atoms with Crippen LogP contribution in [-0.4, -0.2) is 20.7 Å². The topological polar surface area (TPSA) is 58.5 Å². The van der Waals surface area contributed by atoms with Gasteiger partial charge in [-0.3, -0.25) is 9.71 Å². The zero-order valence-electron chi connectivity index (χ0n) is 16.2. The molecule has 1 aliphatic rings. The van der Waals surface area contributed by atoms with Crippen molar-refractivity contribution in [3.8, 4) is 0 Å². The molecule has 4 nitrogen and oxygen atoms in total. The van der Waals surface area contributed by atoms with Gasteiger partial charge in [0, 0.05) is 23.4 Å². The molecule has 0 radical (unpaired) electrons. The zero-order valence-corrected chi connectivity index (χ0v) is 17.1. The van der Waals surface area contributed by atoms with Crippen molar-refractivity contribution in [2.24, 2.45) is 4.99 Å². The van der Waals surface area contributed by atoms with E-state index in [2.05, 4.69) is 9.71 Å². The zero-order chi connectivity index (χ0) is 23.1. The van der Waals surface area contributed by atoms with Crippen LogP contribution >= 0.6 is 0 Å². The molecule has 1 heterocycles. The van der Waals surface area contributed by atoms with Gasteiger partial charge in [0.1, 0.15) is 0 Å². The SMILES string of the molecule is O=S(=O)(Nc1ccc(C2=NCCc3cc(C(F)(F)F)ccc32)cc1)c1ccc(F)c(F)c1. The van der Waals surface area contributed by atoms with Crippen molar-refractivity contribution in [3.63, 3.8) is 0 Å². The smallest absolute Gasteiger partial charge is 0.284 e. The summed E-state index contributed by atoms with van der Waals surface area (Å²) in [5, 5.41) is 0. The van der Waals surface area contributed by atoms with E-state index in [1.807, 2.05) is 0 Å². The minimum Gasteiger partial charge on any atom is -0.284 e. The van der Waals surface area contributed by atoms with Crippen LogP contribution in [0.1, 0.15) is 22.3 Å². The molecule has 0 aliphatic carbocycles. The molecule has 0 spiro atoms. The van der Waals surface area contributed by atoms with Crippen LogP contribution in [0.2, 0.25) is 0 Å². The first-order valence-electron chi connectivity index (χ1n) is 9.38. The molecule has 1 N–H and O–H groups in total. The lowest BCUT2D eigenvalue weighted by atomic mass is 9.92. The van der Waals surface area contributed by atoms with Crippen LogP contribution in [0.3, 0.4) is 0 Å². The van der Waals surface area contributed by atoms with E-state index in [1.54, 1.807) is 12.1 Å². The molecular formula is C22H15F5N2O2S. The number of fused-ring (bicyclic) bond motifs is 1. The third-order valence-corrected chi connectivity index (χ3v) is 6.33. The highest BCUT2D eigenvalue weighted by Crippen LogP contribution is 2.32. The largest absolute Gasteiger partial charge is 0.416 e. The van der Waals surface area contributed by atoms with E-state index in [-0.39, 0.29) is 5.69 Å². The number of sulfonamides is 1. The molecule has 0 fully saturated rings. The van der Waals surface area contributed by atoms with Crippen molar-refractivity contribution in [3.05, 3.63) is 94.6 Å². The first-order valence-corrected chi connectivity index (χ1v) is 10.9. The standard InChI is InChI=1S/C22H15F5N2O2S/c23-19-8-6-17(12-20(19)24)32(30,31)29-16-4-1-13(2-5-16)21-18-7-3-15(22(25,26)27)11-14(18)9-10-28-21/h1-8,11-12,29H,9-10H2. The first-order chi connectivity index (χ1) is 15.0. The second kappa shape index (κ2) is 8.01. The van der Waals surface area contributed by atoms with Gasteiger partial charge in [-0.2, -0.15) is 13.2 Å². The van der Waals surface area contributed by atoms with Crippen molar-refractivity contribution in [2.45, 2.75) is 17.5 Å². The summed E-state index contributed by atoms with van der Waals surface area (Å²) in [7, 11) is -4.15. The summed E-state index contributed by atoms with van der Waals surface area (Å²) in [6.45, 7) is 0.328. The minimum atomic E-state index is -4.43. The number of anilines is 1. The van der Waals surface area contributed by atoms with Crippen LogP contribution in [0.25, 0.3) is 0 Å². The summed E-state index contributed by atoms with van der Waals surface area (Å²) in [6.07, 6.45) is -4.05. The molecule has 0 atom stereocenters. The molecule has 1 aliphatic heterocycles. The number of nitrogens with zero attached hydrogens (tertiary/aromatic N) is 1. The fourth-order valence-corrected chi connectivity index (χ4v) is 4.45. The van der Waals surface area contributed by atoms with E-state index < -0.39 is 38.3 Å². The lowest BCUT2D eigenvalue weighted by Gasteiger charge is -2.19. The molecule has 0 bridgehead atoms. The number of halogens is 5. The Kier molecular flexibility index (Phi) is 5.49. The maximum atomic E-state index is 13.4. The summed E-state index contributed by atoms with van der Waals surface area (Å²) in [5.74, 6) is -2.45. The molecular weight excluding hydrogens is 451 g/mol. The quantitative estimate of drug-likeness (QED) is 0.539. The number of aliphatic imine (C=N–C) groups is 1. The molecule has 10 heteroatoms. The summed E-state index contributed by atoms with van der Waals surface area (Å²) in [4.78, 5) is 3.98. The molecule has 3 aromatic rings. The number of rotatable bonds is 4. The van der Waals surface area contributed by atoms with Gasteiger partial charge in [0.2, 0.25) is 0 Å². The normalized spacial score (nSPS) is 14.0. The summed E-state index contributed by atoms with van der Waals surface area (Å²) < 4.78 is 92.5. The van der Waals surface area contributed by atoms with Gasteiger partial charge in [0.05, 0.1) is 16.2 Å². The Hall–Kier alpha value is -3.27. The molecule has 0 aromatic heterocycles. The maximum absolute atomic E-state index is 13.4. The Morgan fingerprint density at radius 3 is 2.25 bits per heavy atom. The van der Waals surface area contributed by atoms with Crippen LogP contribution in [0.4, 0.5) is 27.6 Å². The lowest BCUT2D eigenvalue weighted by Crippen LogP contribution is -2.16. The summed E-state index contributed by atoms with van der Waals surface area (Å²) in [5.41, 5.74) is 1.67. The number of alkyl halides is 3. The Morgan fingerprint density at radius 1 is 0.875 bits per heavy atom. The molecule has 0 amide bonds. The van der Waals surface area contributed by atoms with Crippen molar-refractivity contribution >= 4 is 21.4 Å². The Balaban J connectivity index is 1.58. The van der Waals surface area contributed by atoms with Gasteiger partial charge in [-0.15, -0.1) is 0 Å². The third kappa shape index (κ3) is 4.36. The Morgan fingerprint density at radius 2 is 1.59 bits per heavy atom. The molecule has 0 saturated heterocycles. The van der Waals surface area contributed by atoms with Gasteiger partial charge in [-0.25, -0.2) is 17.2 Å². The van der Waals surface area contributed by atoms with Crippen molar-refractivity contribution in [2.75, 3.05) is 11.3 Å². The number of hydrogen-bond acceptors (Lipinski definition) is 3. The van der Waals surface area contributed by atoms with E-state index >= 15 is 0 Å². The second-order valence-corrected chi connectivity index (χ2v) is 8.79. The second-order valence-electron chi connectivity index (χ2n) is 7.11. The van der Waals surface area contributed by atoms with E-state index in [0.717, 1.165) is 24.3 Å². The molecule has 3 aromatic carbocycles. The van der Waals surface area contributed by atoms with Gasteiger partial charge in [-0.1, -0.05) is 18.2 Å². The van der Waals surface area contributed by atoms with Crippen molar-refractivity contribution in [1.29, 1.82) is 0 Å². The average molecular weight is 466 g/mol. The van der Waals surface area contributed by atoms with Gasteiger partial charge >= 0.3 is 6.18 Å². The molecule has 166 valence electrons. The van der Waals surface area contributed by atoms with Crippen LogP contribution in [0.5, 0.6) is 0 Å². The van der Waals surface area contributed by atoms with Crippen LogP contribution in [0.15, 0.2) is 70.6 Å². The van der Waals surface area contributed by atoms with Gasteiger partial charge in [0.15, 0.2) is 11.6 Å². The predicted octanol–water partition coefficient (Wildman–Crippen LogP) is 5.18. The van der Waals surface area contributed by atoms with E-state index in [1.165, 1.54) is 18.2 Å². The van der Waals surface area contributed by atoms with E-state index in [4.69, 9.17) is 0 Å². The number of nitrogens with one attached hydrogen (secondary N) is 1.